The van der Waals surface area contributed by atoms with Crippen LogP contribution in [0.4, 0.5) is 5.69 Å². The molecule has 152 valence electrons. The van der Waals surface area contributed by atoms with Crippen molar-refractivity contribution in [2.24, 2.45) is 5.92 Å². The lowest BCUT2D eigenvalue weighted by Crippen LogP contribution is -2.40. The van der Waals surface area contributed by atoms with Gasteiger partial charge >= 0.3 is 0 Å². The maximum absolute atomic E-state index is 12.9. The highest BCUT2D eigenvalue weighted by atomic mass is 35.5. The molecular weight excluding hydrogens is 416 g/mol. The molecule has 4 rings (SSSR count). The SMILES string of the molecule is O=C1COc2ccc(C(=O)C3CCN(S(=O)(=O)c4ccccc4Cl)CC3)cc2N1. The second-order valence-electron chi connectivity index (χ2n) is 7.02. The minimum absolute atomic E-state index is 0.0430. The van der Waals surface area contributed by atoms with Crippen LogP contribution in [0.2, 0.25) is 5.02 Å². The van der Waals surface area contributed by atoms with Gasteiger partial charge in [0.25, 0.3) is 5.91 Å². The molecule has 0 radical (unpaired) electrons. The van der Waals surface area contributed by atoms with Crippen molar-refractivity contribution in [3.05, 3.63) is 53.1 Å². The fourth-order valence-corrected chi connectivity index (χ4v) is 5.59. The monoisotopic (exact) mass is 434 g/mol. The molecule has 1 fully saturated rings. The number of fused-ring (bicyclic) bond motifs is 1. The van der Waals surface area contributed by atoms with E-state index in [4.69, 9.17) is 16.3 Å². The number of sulfonamides is 1. The molecule has 0 aromatic heterocycles. The van der Waals surface area contributed by atoms with Crippen molar-refractivity contribution in [2.45, 2.75) is 17.7 Å². The predicted molar refractivity (Wildman–Crippen MR) is 108 cm³/mol. The normalized spacial score (nSPS) is 17.9. The first-order chi connectivity index (χ1) is 13.9. The lowest BCUT2D eigenvalue weighted by molar-refractivity contribution is -0.118. The number of halogens is 1. The molecule has 2 heterocycles. The summed E-state index contributed by atoms with van der Waals surface area (Å²) in [5.41, 5.74) is 0.952. The molecule has 0 bridgehead atoms. The number of nitrogens with zero attached hydrogens (tertiary/aromatic N) is 1. The number of nitrogens with one attached hydrogen (secondary N) is 1. The molecule has 2 aromatic rings. The zero-order valence-electron chi connectivity index (χ0n) is 15.4. The second-order valence-corrected chi connectivity index (χ2v) is 9.33. The van der Waals surface area contributed by atoms with Crippen molar-refractivity contribution in [1.82, 2.24) is 4.31 Å². The molecule has 2 aliphatic rings. The van der Waals surface area contributed by atoms with E-state index >= 15 is 0 Å². The van der Waals surface area contributed by atoms with Gasteiger partial charge in [-0.2, -0.15) is 4.31 Å². The maximum atomic E-state index is 12.9. The molecule has 1 saturated heterocycles. The lowest BCUT2D eigenvalue weighted by Gasteiger charge is -2.31. The summed E-state index contributed by atoms with van der Waals surface area (Å²) in [6, 6.07) is 11.3. The topological polar surface area (TPSA) is 92.8 Å². The van der Waals surface area contributed by atoms with Crippen LogP contribution in [0, 0.1) is 5.92 Å². The van der Waals surface area contributed by atoms with Gasteiger partial charge in [-0.25, -0.2) is 8.42 Å². The number of Topliss-reactive ketones (excluding diaryl/α,β-unsaturated/α-hetero) is 1. The third-order valence-electron chi connectivity index (χ3n) is 5.18. The third kappa shape index (κ3) is 3.88. The fourth-order valence-electron chi connectivity index (χ4n) is 3.62. The molecule has 2 aliphatic heterocycles. The summed E-state index contributed by atoms with van der Waals surface area (Å²) < 4.78 is 32.4. The standard InChI is InChI=1S/C20H19ClN2O5S/c21-15-3-1-2-4-18(15)29(26,27)23-9-7-13(8-10-23)20(25)14-5-6-17-16(11-14)22-19(24)12-28-17/h1-6,11,13H,7-10,12H2,(H,22,24). The van der Waals surface area contributed by atoms with Gasteiger partial charge in [0.2, 0.25) is 10.0 Å². The van der Waals surface area contributed by atoms with E-state index < -0.39 is 10.0 Å². The van der Waals surface area contributed by atoms with Gasteiger partial charge < -0.3 is 10.1 Å². The quantitative estimate of drug-likeness (QED) is 0.747. The molecule has 0 spiro atoms. The average Bonchev–Trinajstić information content (AvgIpc) is 2.73. The second kappa shape index (κ2) is 7.78. The Morgan fingerprint density at radius 2 is 1.86 bits per heavy atom. The molecule has 1 N–H and O–H groups in total. The molecule has 0 saturated carbocycles. The van der Waals surface area contributed by atoms with Crippen molar-refractivity contribution in [2.75, 3.05) is 25.0 Å². The van der Waals surface area contributed by atoms with E-state index in [1.807, 2.05) is 0 Å². The molecule has 7 nitrogen and oxygen atoms in total. The van der Waals surface area contributed by atoms with E-state index in [-0.39, 0.29) is 47.2 Å². The molecule has 0 unspecified atom stereocenters. The molecule has 9 heteroatoms. The zero-order valence-corrected chi connectivity index (χ0v) is 17.0. The van der Waals surface area contributed by atoms with Gasteiger partial charge in [0.15, 0.2) is 12.4 Å². The van der Waals surface area contributed by atoms with E-state index in [1.165, 1.54) is 10.4 Å². The van der Waals surface area contributed by atoms with Gasteiger partial charge in [-0.15, -0.1) is 0 Å². The fraction of sp³-hybridized carbons (Fsp3) is 0.300. The van der Waals surface area contributed by atoms with Crippen molar-refractivity contribution in [3.8, 4) is 5.75 Å². The van der Waals surface area contributed by atoms with E-state index in [1.54, 1.807) is 36.4 Å². The summed E-state index contributed by atoms with van der Waals surface area (Å²) in [4.78, 5) is 24.5. The van der Waals surface area contributed by atoms with Crippen LogP contribution in [-0.2, 0) is 14.8 Å². The van der Waals surface area contributed by atoms with Gasteiger partial charge in [-0.1, -0.05) is 23.7 Å². The Kier molecular flexibility index (Phi) is 5.33. The first-order valence-corrected chi connectivity index (χ1v) is 11.0. The number of hydrogen-bond donors (Lipinski definition) is 1. The Balaban J connectivity index is 1.46. The minimum atomic E-state index is -3.70. The third-order valence-corrected chi connectivity index (χ3v) is 7.57. The Labute approximate surface area is 173 Å². The summed E-state index contributed by atoms with van der Waals surface area (Å²) in [6.07, 6.45) is 0.838. The minimum Gasteiger partial charge on any atom is -0.482 e. The number of hydrogen-bond acceptors (Lipinski definition) is 5. The Morgan fingerprint density at radius 3 is 2.59 bits per heavy atom. The van der Waals surface area contributed by atoms with E-state index in [2.05, 4.69) is 5.32 Å². The number of carbonyl (C=O) groups excluding carboxylic acids is 2. The summed E-state index contributed by atoms with van der Waals surface area (Å²) in [5, 5.41) is 2.88. The van der Waals surface area contributed by atoms with Crippen LogP contribution in [0.25, 0.3) is 0 Å². The maximum Gasteiger partial charge on any atom is 0.262 e. The predicted octanol–water partition coefficient (Wildman–Crippen LogP) is 2.95. The Morgan fingerprint density at radius 1 is 1.14 bits per heavy atom. The molecule has 0 aliphatic carbocycles. The van der Waals surface area contributed by atoms with Gasteiger partial charge in [0.1, 0.15) is 10.6 Å². The molecular formula is C20H19ClN2O5S. The van der Waals surface area contributed by atoms with Crippen LogP contribution in [-0.4, -0.2) is 44.1 Å². The smallest absolute Gasteiger partial charge is 0.262 e. The number of anilines is 1. The van der Waals surface area contributed by atoms with Crippen LogP contribution >= 0.6 is 11.6 Å². The number of amides is 1. The van der Waals surface area contributed by atoms with Gasteiger partial charge in [0, 0.05) is 24.6 Å². The molecule has 1 amide bonds. The summed E-state index contributed by atoms with van der Waals surface area (Å²) >= 11 is 6.06. The molecule has 0 atom stereocenters. The summed E-state index contributed by atoms with van der Waals surface area (Å²) in [7, 11) is -3.70. The van der Waals surface area contributed by atoms with Crippen molar-refractivity contribution in [1.29, 1.82) is 0 Å². The van der Waals surface area contributed by atoms with Gasteiger partial charge in [-0.05, 0) is 43.2 Å². The highest BCUT2D eigenvalue weighted by Gasteiger charge is 2.33. The highest BCUT2D eigenvalue weighted by molar-refractivity contribution is 7.89. The van der Waals surface area contributed by atoms with Crippen LogP contribution in [0.3, 0.4) is 0 Å². The number of piperidine rings is 1. The van der Waals surface area contributed by atoms with E-state index in [0.29, 0.717) is 29.8 Å². The first-order valence-electron chi connectivity index (χ1n) is 9.22. The lowest BCUT2D eigenvalue weighted by atomic mass is 9.89. The molecule has 2 aromatic carbocycles. The van der Waals surface area contributed by atoms with Crippen LogP contribution in [0.15, 0.2) is 47.4 Å². The zero-order chi connectivity index (χ0) is 20.6. The van der Waals surface area contributed by atoms with E-state index in [0.717, 1.165) is 0 Å². The number of ketones is 1. The summed E-state index contributed by atoms with van der Waals surface area (Å²) in [6.45, 7) is 0.447. The first kappa shape index (κ1) is 19.9. The number of carbonyl (C=O) groups is 2. The summed E-state index contributed by atoms with van der Waals surface area (Å²) in [5.74, 6) is -0.0876. The Hall–Kier alpha value is -2.42. The largest absolute Gasteiger partial charge is 0.482 e. The number of ether oxygens (including phenoxy) is 1. The van der Waals surface area contributed by atoms with Crippen molar-refractivity contribution in [3.63, 3.8) is 0 Å². The number of benzene rings is 2. The van der Waals surface area contributed by atoms with Crippen LogP contribution in [0.5, 0.6) is 5.75 Å². The highest BCUT2D eigenvalue weighted by Crippen LogP contribution is 2.32. The van der Waals surface area contributed by atoms with Crippen LogP contribution < -0.4 is 10.1 Å². The Bertz CT molecular complexity index is 1080. The average molecular weight is 435 g/mol. The number of rotatable bonds is 4. The van der Waals surface area contributed by atoms with Gasteiger partial charge in [-0.3, -0.25) is 9.59 Å². The van der Waals surface area contributed by atoms with E-state index in [9.17, 15) is 18.0 Å². The van der Waals surface area contributed by atoms with Crippen molar-refractivity contribution < 1.29 is 22.7 Å². The molecule has 29 heavy (non-hydrogen) atoms. The van der Waals surface area contributed by atoms with Crippen LogP contribution in [0.1, 0.15) is 23.2 Å². The van der Waals surface area contributed by atoms with Gasteiger partial charge in [0.05, 0.1) is 10.7 Å². The van der Waals surface area contributed by atoms with Crippen molar-refractivity contribution >= 4 is 39.0 Å².